The monoisotopic (exact) mass is 249 g/mol. The molecule has 0 radical (unpaired) electrons. The van der Waals surface area contributed by atoms with Crippen LogP contribution in [-0.2, 0) is 4.79 Å². The van der Waals surface area contributed by atoms with Crippen molar-refractivity contribution in [2.75, 3.05) is 11.9 Å². The maximum absolute atomic E-state index is 11.9. The van der Waals surface area contributed by atoms with E-state index in [-0.39, 0.29) is 11.5 Å². The van der Waals surface area contributed by atoms with E-state index < -0.39 is 5.97 Å². The Kier molecular flexibility index (Phi) is 4.89. The summed E-state index contributed by atoms with van der Waals surface area (Å²) in [5, 5.41) is 8.79. The first-order valence-corrected chi connectivity index (χ1v) is 6.01. The second kappa shape index (κ2) is 6.19. The van der Waals surface area contributed by atoms with Crippen LogP contribution in [-0.4, -0.2) is 24.0 Å². The summed E-state index contributed by atoms with van der Waals surface area (Å²) < 4.78 is 0. The Bertz CT molecular complexity index is 423. The average molecular weight is 249 g/mol. The summed E-state index contributed by atoms with van der Waals surface area (Å²) in [4.78, 5) is 24.2. The minimum absolute atomic E-state index is 0.0479. The van der Waals surface area contributed by atoms with Crippen molar-refractivity contribution >= 4 is 17.6 Å². The molecule has 0 unspecified atom stereocenters. The molecule has 0 saturated heterocycles. The van der Waals surface area contributed by atoms with Gasteiger partial charge in [-0.15, -0.1) is 0 Å². The average Bonchev–Trinajstić information content (AvgIpc) is 2.35. The predicted octanol–water partition coefficient (Wildman–Crippen LogP) is 2.78. The second-order valence-corrected chi connectivity index (χ2v) is 4.74. The van der Waals surface area contributed by atoms with Crippen molar-refractivity contribution in [2.24, 2.45) is 5.92 Å². The van der Waals surface area contributed by atoms with Gasteiger partial charge < -0.3 is 10.0 Å². The number of carbonyl (C=O) groups excluding carboxylic acids is 1. The molecule has 1 aromatic carbocycles. The van der Waals surface area contributed by atoms with Gasteiger partial charge in [0.15, 0.2) is 0 Å². The fourth-order valence-corrected chi connectivity index (χ4v) is 1.55. The molecular weight excluding hydrogens is 230 g/mol. The highest BCUT2D eigenvalue weighted by molar-refractivity contribution is 5.94. The fourth-order valence-electron chi connectivity index (χ4n) is 1.55. The van der Waals surface area contributed by atoms with Gasteiger partial charge in [-0.3, -0.25) is 4.79 Å². The lowest BCUT2D eigenvalue weighted by Gasteiger charge is -2.18. The molecule has 0 aromatic heterocycles. The molecule has 0 atom stereocenters. The Morgan fingerprint density at radius 1 is 1.22 bits per heavy atom. The third kappa shape index (κ3) is 3.87. The van der Waals surface area contributed by atoms with Gasteiger partial charge in [0, 0.05) is 19.2 Å². The smallest absolute Gasteiger partial charge is 0.335 e. The molecule has 0 saturated carbocycles. The van der Waals surface area contributed by atoms with Gasteiger partial charge in [-0.2, -0.15) is 0 Å². The third-order valence-corrected chi connectivity index (χ3v) is 2.81. The van der Waals surface area contributed by atoms with Crippen LogP contribution in [0.25, 0.3) is 0 Å². The van der Waals surface area contributed by atoms with E-state index in [2.05, 4.69) is 13.8 Å². The molecule has 0 fully saturated rings. The predicted molar refractivity (Wildman–Crippen MR) is 70.9 cm³/mol. The maximum atomic E-state index is 11.9. The fraction of sp³-hybridized carbons (Fsp3) is 0.429. The normalized spacial score (nSPS) is 10.4. The van der Waals surface area contributed by atoms with E-state index in [1.807, 2.05) is 0 Å². The van der Waals surface area contributed by atoms with Gasteiger partial charge >= 0.3 is 5.97 Å². The summed E-state index contributed by atoms with van der Waals surface area (Å²) in [7, 11) is 1.71. The molecule has 98 valence electrons. The number of carboxylic acids is 1. The number of nitrogens with zero attached hydrogens (tertiary/aromatic N) is 1. The number of carboxylic acid groups (broad SMARTS) is 1. The molecule has 18 heavy (non-hydrogen) atoms. The van der Waals surface area contributed by atoms with Crippen LogP contribution >= 0.6 is 0 Å². The zero-order chi connectivity index (χ0) is 13.7. The zero-order valence-corrected chi connectivity index (χ0v) is 11.0. The van der Waals surface area contributed by atoms with Gasteiger partial charge in [-0.05, 0) is 36.6 Å². The molecule has 0 heterocycles. The lowest BCUT2D eigenvalue weighted by molar-refractivity contribution is -0.118. The number of anilines is 1. The summed E-state index contributed by atoms with van der Waals surface area (Å²) in [6.45, 7) is 4.16. The van der Waals surface area contributed by atoms with Crippen molar-refractivity contribution in [1.29, 1.82) is 0 Å². The van der Waals surface area contributed by atoms with Crippen LogP contribution in [0.3, 0.4) is 0 Å². The van der Waals surface area contributed by atoms with Gasteiger partial charge in [-0.25, -0.2) is 4.79 Å². The number of aromatic carboxylic acids is 1. The lowest BCUT2D eigenvalue weighted by atomic mass is 10.1. The molecule has 1 aromatic rings. The first kappa shape index (κ1) is 14.2. The van der Waals surface area contributed by atoms with E-state index in [4.69, 9.17) is 5.11 Å². The second-order valence-electron chi connectivity index (χ2n) is 4.74. The highest BCUT2D eigenvalue weighted by atomic mass is 16.4. The standard InChI is InChI=1S/C14H19NO3/c1-10(2)4-9-13(16)15(3)12-7-5-11(6-8-12)14(17)18/h5-8,10H,4,9H2,1-3H3,(H,17,18). The minimum Gasteiger partial charge on any atom is -0.478 e. The number of hydrogen-bond donors (Lipinski definition) is 1. The number of rotatable bonds is 5. The Labute approximate surface area is 107 Å². The van der Waals surface area contributed by atoms with E-state index in [0.29, 0.717) is 18.0 Å². The first-order valence-electron chi connectivity index (χ1n) is 6.01. The molecule has 1 rings (SSSR count). The zero-order valence-electron chi connectivity index (χ0n) is 11.0. The van der Waals surface area contributed by atoms with E-state index >= 15 is 0 Å². The van der Waals surface area contributed by atoms with Gasteiger partial charge in [0.05, 0.1) is 5.56 Å². The van der Waals surface area contributed by atoms with Gasteiger partial charge in [-0.1, -0.05) is 13.8 Å². The highest BCUT2D eigenvalue weighted by Crippen LogP contribution is 2.16. The molecule has 1 N–H and O–H groups in total. The minimum atomic E-state index is -0.963. The van der Waals surface area contributed by atoms with Crippen LogP contribution in [0.5, 0.6) is 0 Å². The van der Waals surface area contributed by atoms with Gasteiger partial charge in [0.2, 0.25) is 5.91 Å². The van der Waals surface area contributed by atoms with Crippen molar-refractivity contribution in [3.63, 3.8) is 0 Å². The quantitative estimate of drug-likeness (QED) is 0.873. The largest absolute Gasteiger partial charge is 0.478 e. The van der Waals surface area contributed by atoms with Crippen molar-refractivity contribution in [3.8, 4) is 0 Å². The van der Waals surface area contributed by atoms with Crippen LogP contribution in [0.1, 0.15) is 37.0 Å². The summed E-state index contributed by atoms with van der Waals surface area (Å²) in [6, 6.07) is 6.31. The van der Waals surface area contributed by atoms with Crippen LogP contribution < -0.4 is 4.90 Å². The summed E-state index contributed by atoms with van der Waals surface area (Å²) in [6.07, 6.45) is 1.37. The van der Waals surface area contributed by atoms with Crippen LogP contribution in [0, 0.1) is 5.92 Å². The number of benzene rings is 1. The Hall–Kier alpha value is -1.84. The Morgan fingerprint density at radius 3 is 2.22 bits per heavy atom. The van der Waals surface area contributed by atoms with Crippen molar-refractivity contribution in [2.45, 2.75) is 26.7 Å². The summed E-state index contributed by atoms with van der Waals surface area (Å²) in [5.41, 5.74) is 0.940. The van der Waals surface area contributed by atoms with Gasteiger partial charge in [0.25, 0.3) is 0 Å². The van der Waals surface area contributed by atoms with Crippen LogP contribution in [0.4, 0.5) is 5.69 Å². The molecule has 0 spiro atoms. The number of hydrogen-bond acceptors (Lipinski definition) is 2. The molecule has 4 heteroatoms. The summed E-state index contributed by atoms with van der Waals surface area (Å²) in [5.74, 6) is -0.418. The molecule has 0 bridgehead atoms. The number of carbonyl (C=O) groups is 2. The van der Waals surface area contributed by atoms with E-state index in [9.17, 15) is 9.59 Å². The lowest BCUT2D eigenvalue weighted by Crippen LogP contribution is -2.26. The molecule has 0 aliphatic rings. The van der Waals surface area contributed by atoms with Crippen molar-refractivity contribution in [1.82, 2.24) is 0 Å². The molecular formula is C14H19NO3. The van der Waals surface area contributed by atoms with E-state index in [0.717, 1.165) is 6.42 Å². The summed E-state index contributed by atoms with van der Waals surface area (Å²) >= 11 is 0. The van der Waals surface area contributed by atoms with E-state index in [1.165, 1.54) is 12.1 Å². The SMILES string of the molecule is CC(C)CCC(=O)N(C)c1ccc(C(=O)O)cc1. The first-order chi connectivity index (χ1) is 8.41. The molecule has 4 nitrogen and oxygen atoms in total. The topological polar surface area (TPSA) is 57.6 Å². The molecule has 1 amide bonds. The Morgan fingerprint density at radius 2 is 1.78 bits per heavy atom. The maximum Gasteiger partial charge on any atom is 0.335 e. The van der Waals surface area contributed by atoms with Crippen molar-refractivity contribution in [3.05, 3.63) is 29.8 Å². The van der Waals surface area contributed by atoms with Crippen molar-refractivity contribution < 1.29 is 14.7 Å². The molecule has 0 aliphatic carbocycles. The van der Waals surface area contributed by atoms with Gasteiger partial charge in [0.1, 0.15) is 0 Å². The third-order valence-electron chi connectivity index (χ3n) is 2.81. The number of amides is 1. The van der Waals surface area contributed by atoms with Crippen LogP contribution in [0.15, 0.2) is 24.3 Å². The van der Waals surface area contributed by atoms with Crippen LogP contribution in [0.2, 0.25) is 0 Å². The highest BCUT2D eigenvalue weighted by Gasteiger charge is 2.12. The molecule has 0 aliphatic heterocycles. The van der Waals surface area contributed by atoms with E-state index in [1.54, 1.807) is 24.1 Å². The Balaban J connectivity index is 2.68.